The Hall–Kier alpha value is -2.02. The lowest BCUT2D eigenvalue weighted by Gasteiger charge is -2.08. The highest BCUT2D eigenvalue weighted by atomic mass is 35.5. The Morgan fingerprint density at radius 3 is 2.50 bits per heavy atom. The number of amides is 2. The maximum atomic E-state index is 12.2. The van der Waals surface area contributed by atoms with Crippen LogP contribution in [0.15, 0.2) is 47.5 Å². The third kappa shape index (κ3) is 5.00. The number of carbonyl (C=O) groups excluding carboxylic acids is 2. The molecule has 134 valence electrons. The van der Waals surface area contributed by atoms with E-state index >= 15 is 0 Å². The molecule has 0 aliphatic carbocycles. The molecule has 1 atom stereocenters. The number of nitrogens with zero attached hydrogens (tertiary/aromatic N) is 1. The molecule has 2 N–H and O–H groups in total. The lowest BCUT2D eigenvalue weighted by Crippen LogP contribution is -2.28. The highest BCUT2D eigenvalue weighted by molar-refractivity contribution is 8.15. The predicted molar refractivity (Wildman–Crippen MR) is 108 cm³/mol. The van der Waals surface area contributed by atoms with Crippen LogP contribution in [-0.4, -0.2) is 22.2 Å². The number of rotatable bonds is 4. The van der Waals surface area contributed by atoms with Crippen molar-refractivity contribution in [3.63, 3.8) is 0 Å². The molecule has 1 fully saturated rings. The van der Waals surface area contributed by atoms with E-state index in [4.69, 9.17) is 23.2 Å². The number of carbonyl (C=O) groups is 2. The molecule has 26 heavy (non-hydrogen) atoms. The normalized spacial score (nSPS) is 18.0. The molecule has 2 aromatic carbocycles. The van der Waals surface area contributed by atoms with Gasteiger partial charge in [0.1, 0.15) is 5.25 Å². The molecule has 0 radical (unpaired) electrons. The van der Waals surface area contributed by atoms with Gasteiger partial charge in [-0.25, -0.2) is 4.99 Å². The Labute approximate surface area is 165 Å². The van der Waals surface area contributed by atoms with Gasteiger partial charge in [0.25, 0.3) is 0 Å². The number of anilines is 1. The molecule has 5 nitrogen and oxygen atoms in total. The van der Waals surface area contributed by atoms with Gasteiger partial charge in [-0.1, -0.05) is 52.7 Å². The van der Waals surface area contributed by atoms with Gasteiger partial charge in [-0.15, -0.1) is 0 Å². The highest BCUT2D eigenvalue weighted by Crippen LogP contribution is 2.27. The Balaban J connectivity index is 1.62. The second kappa shape index (κ2) is 8.12. The summed E-state index contributed by atoms with van der Waals surface area (Å²) in [5.74, 6) is -0.535. The van der Waals surface area contributed by atoms with Crippen LogP contribution < -0.4 is 10.6 Å². The van der Waals surface area contributed by atoms with Crippen LogP contribution in [0.1, 0.15) is 12.0 Å². The summed E-state index contributed by atoms with van der Waals surface area (Å²) >= 11 is 13.1. The summed E-state index contributed by atoms with van der Waals surface area (Å²) in [7, 11) is 0. The molecular formula is C18H15Cl2N3O2S. The first-order chi connectivity index (χ1) is 12.4. The van der Waals surface area contributed by atoms with Crippen LogP contribution in [-0.2, 0) is 9.59 Å². The van der Waals surface area contributed by atoms with E-state index < -0.39 is 5.25 Å². The summed E-state index contributed by atoms with van der Waals surface area (Å²) in [4.78, 5) is 28.7. The number of hydrogen-bond acceptors (Lipinski definition) is 4. The quantitative estimate of drug-likeness (QED) is 0.780. The minimum absolute atomic E-state index is 0.0214. The minimum atomic E-state index is -0.533. The van der Waals surface area contributed by atoms with Crippen molar-refractivity contribution in [2.24, 2.45) is 4.99 Å². The van der Waals surface area contributed by atoms with Gasteiger partial charge >= 0.3 is 0 Å². The molecule has 0 bridgehead atoms. The van der Waals surface area contributed by atoms with Crippen molar-refractivity contribution in [3.8, 4) is 0 Å². The predicted octanol–water partition coefficient (Wildman–Crippen LogP) is 4.55. The molecule has 0 unspecified atom stereocenters. The molecule has 1 aliphatic rings. The van der Waals surface area contributed by atoms with E-state index in [1.807, 2.05) is 31.2 Å². The van der Waals surface area contributed by atoms with Crippen molar-refractivity contribution in [2.45, 2.75) is 18.6 Å². The number of benzene rings is 2. The fourth-order valence-electron chi connectivity index (χ4n) is 2.34. The molecule has 2 amide bonds. The van der Waals surface area contributed by atoms with E-state index in [1.54, 1.807) is 18.2 Å². The van der Waals surface area contributed by atoms with Crippen molar-refractivity contribution in [1.82, 2.24) is 5.32 Å². The number of nitrogens with one attached hydrogen (secondary N) is 2. The lowest BCUT2D eigenvalue weighted by molar-refractivity contribution is -0.122. The maximum Gasteiger partial charge on any atom is 0.240 e. The smallest absolute Gasteiger partial charge is 0.240 e. The Morgan fingerprint density at radius 2 is 1.85 bits per heavy atom. The minimum Gasteiger partial charge on any atom is -0.326 e. The zero-order valence-corrected chi connectivity index (χ0v) is 16.1. The van der Waals surface area contributed by atoms with E-state index in [0.717, 1.165) is 11.3 Å². The van der Waals surface area contributed by atoms with E-state index in [9.17, 15) is 9.59 Å². The van der Waals surface area contributed by atoms with Gasteiger partial charge in [0.15, 0.2) is 5.17 Å². The first kappa shape index (κ1) is 18.8. The van der Waals surface area contributed by atoms with Crippen LogP contribution in [0.4, 0.5) is 11.4 Å². The third-order valence-electron chi connectivity index (χ3n) is 3.56. The first-order valence-electron chi connectivity index (χ1n) is 7.78. The fraction of sp³-hybridized carbons (Fsp3) is 0.167. The topological polar surface area (TPSA) is 70.6 Å². The molecule has 0 aromatic heterocycles. The van der Waals surface area contributed by atoms with Crippen LogP contribution >= 0.6 is 35.0 Å². The summed E-state index contributed by atoms with van der Waals surface area (Å²) in [6.45, 7) is 1.99. The second-order valence-electron chi connectivity index (χ2n) is 5.76. The standard InChI is InChI=1S/C18H15Cl2N3O2S/c1-10-2-4-13(5-3-10)22-18-23-17(25)15(26-18)9-16(24)21-14-7-11(19)6-12(20)8-14/h2-8,15H,9H2,1H3,(H,21,24)(H,22,23,25)/t15-/m1/s1. The largest absolute Gasteiger partial charge is 0.326 e. The molecule has 1 aliphatic heterocycles. The molecule has 1 heterocycles. The number of hydrogen-bond donors (Lipinski definition) is 2. The summed E-state index contributed by atoms with van der Waals surface area (Å²) in [5, 5.41) is 6.21. The molecular weight excluding hydrogens is 393 g/mol. The summed E-state index contributed by atoms with van der Waals surface area (Å²) in [5.41, 5.74) is 2.37. The van der Waals surface area contributed by atoms with Crippen LogP contribution in [0.3, 0.4) is 0 Å². The van der Waals surface area contributed by atoms with E-state index in [0.29, 0.717) is 20.9 Å². The van der Waals surface area contributed by atoms with Gasteiger partial charge in [0.2, 0.25) is 11.8 Å². The van der Waals surface area contributed by atoms with Crippen molar-refractivity contribution in [2.75, 3.05) is 5.32 Å². The van der Waals surface area contributed by atoms with Crippen molar-refractivity contribution in [3.05, 3.63) is 58.1 Å². The molecule has 2 aromatic rings. The van der Waals surface area contributed by atoms with Crippen LogP contribution in [0.5, 0.6) is 0 Å². The monoisotopic (exact) mass is 407 g/mol. The van der Waals surface area contributed by atoms with Crippen LogP contribution in [0, 0.1) is 6.92 Å². The molecule has 1 saturated heterocycles. The number of halogens is 2. The zero-order valence-electron chi connectivity index (χ0n) is 13.8. The molecule has 0 saturated carbocycles. The molecule has 3 rings (SSSR count). The SMILES string of the molecule is Cc1ccc(N=C2NC(=O)[C@@H](CC(=O)Nc3cc(Cl)cc(Cl)c3)S2)cc1. The zero-order chi connectivity index (χ0) is 18.7. The van der Waals surface area contributed by atoms with E-state index in [-0.39, 0.29) is 18.2 Å². The third-order valence-corrected chi connectivity index (χ3v) is 5.08. The van der Waals surface area contributed by atoms with E-state index in [2.05, 4.69) is 15.6 Å². The average molecular weight is 408 g/mol. The lowest BCUT2D eigenvalue weighted by atomic mass is 10.2. The maximum absolute atomic E-state index is 12.2. The number of aryl methyl sites for hydroxylation is 1. The van der Waals surface area contributed by atoms with Crippen molar-refractivity contribution >= 4 is 63.3 Å². The Bertz CT molecular complexity index is 864. The van der Waals surface area contributed by atoms with Crippen molar-refractivity contribution < 1.29 is 9.59 Å². The van der Waals surface area contributed by atoms with Gasteiger partial charge in [0.05, 0.1) is 5.69 Å². The first-order valence-corrected chi connectivity index (χ1v) is 9.41. The second-order valence-corrected chi connectivity index (χ2v) is 7.82. The van der Waals surface area contributed by atoms with Gasteiger partial charge < -0.3 is 10.6 Å². The van der Waals surface area contributed by atoms with E-state index in [1.165, 1.54) is 11.8 Å². The Morgan fingerprint density at radius 1 is 1.19 bits per heavy atom. The Kier molecular flexibility index (Phi) is 5.86. The number of aliphatic imine (C=N–C) groups is 1. The van der Waals surface area contributed by atoms with Crippen LogP contribution in [0.2, 0.25) is 10.0 Å². The highest BCUT2D eigenvalue weighted by Gasteiger charge is 2.32. The summed E-state index contributed by atoms with van der Waals surface area (Å²) < 4.78 is 0. The summed E-state index contributed by atoms with van der Waals surface area (Å²) in [6, 6.07) is 12.4. The molecule has 8 heteroatoms. The van der Waals surface area contributed by atoms with Crippen molar-refractivity contribution in [1.29, 1.82) is 0 Å². The van der Waals surface area contributed by atoms with Gasteiger partial charge in [-0.2, -0.15) is 0 Å². The number of amidine groups is 1. The molecule has 0 spiro atoms. The summed E-state index contributed by atoms with van der Waals surface area (Å²) in [6.07, 6.45) is 0.0214. The van der Waals surface area contributed by atoms with Gasteiger partial charge in [-0.3, -0.25) is 9.59 Å². The van der Waals surface area contributed by atoms with Crippen LogP contribution in [0.25, 0.3) is 0 Å². The fourth-order valence-corrected chi connectivity index (χ4v) is 3.85. The average Bonchev–Trinajstić information content (AvgIpc) is 2.88. The number of thioether (sulfide) groups is 1. The van der Waals surface area contributed by atoms with Gasteiger partial charge in [-0.05, 0) is 37.3 Å². The van der Waals surface area contributed by atoms with Gasteiger partial charge in [0, 0.05) is 22.2 Å².